The Morgan fingerprint density at radius 2 is 2.00 bits per heavy atom. The van der Waals surface area contributed by atoms with Crippen LogP contribution < -0.4 is 15.8 Å². The number of carbonyl (C=O) groups is 1. The predicted molar refractivity (Wildman–Crippen MR) is 78.5 cm³/mol. The topological polar surface area (TPSA) is 107 Å². The normalized spacial score (nSPS) is 9.95. The number of nitrogens with zero attached hydrogens (tertiary/aromatic N) is 1. The summed E-state index contributed by atoms with van der Waals surface area (Å²) in [7, 11) is 1.49. The molecule has 7 heteroatoms. The van der Waals surface area contributed by atoms with E-state index in [1.54, 1.807) is 24.3 Å². The standard InChI is InChI=1S/C14H13N3O4/c1-21-13-5-3-2-4-11(13)16-14(18)9-6-7-10(15)12(8-9)17(19)20/h2-8H,15H2,1H3,(H,16,18). The molecule has 2 aromatic carbocycles. The zero-order valence-corrected chi connectivity index (χ0v) is 11.2. The Morgan fingerprint density at radius 3 is 2.67 bits per heavy atom. The second-order valence-electron chi connectivity index (χ2n) is 4.19. The smallest absolute Gasteiger partial charge is 0.292 e. The fourth-order valence-electron chi connectivity index (χ4n) is 1.79. The highest BCUT2D eigenvalue weighted by molar-refractivity contribution is 6.05. The second-order valence-corrected chi connectivity index (χ2v) is 4.19. The van der Waals surface area contributed by atoms with Crippen molar-refractivity contribution in [1.82, 2.24) is 0 Å². The molecular formula is C14H13N3O4. The van der Waals surface area contributed by atoms with Crippen molar-refractivity contribution in [3.63, 3.8) is 0 Å². The molecule has 0 aliphatic carbocycles. The van der Waals surface area contributed by atoms with Crippen molar-refractivity contribution in [2.75, 3.05) is 18.2 Å². The van der Waals surface area contributed by atoms with Crippen molar-refractivity contribution in [2.24, 2.45) is 0 Å². The van der Waals surface area contributed by atoms with E-state index in [-0.39, 0.29) is 16.9 Å². The molecule has 21 heavy (non-hydrogen) atoms. The van der Waals surface area contributed by atoms with Crippen molar-refractivity contribution in [3.05, 3.63) is 58.1 Å². The number of nitrogens with two attached hydrogens (primary N) is 1. The summed E-state index contributed by atoms with van der Waals surface area (Å²) in [5.41, 5.74) is 5.82. The summed E-state index contributed by atoms with van der Waals surface area (Å²) in [4.78, 5) is 22.3. The van der Waals surface area contributed by atoms with Gasteiger partial charge in [-0.3, -0.25) is 14.9 Å². The third kappa shape index (κ3) is 3.08. The lowest BCUT2D eigenvalue weighted by atomic mass is 10.1. The number of benzene rings is 2. The minimum absolute atomic E-state index is 0.00819. The van der Waals surface area contributed by atoms with E-state index in [1.165, 1.54) is 19.2 Å². The quantitative estimate of drug-likeness (QED) is 0.510. The van der Waals surface area contributed by atoms with Gasteiger partial charge in [0.05, 0.1) is 17.7 Å². The van der Waals surface area contributed by atoms with E-state index >= 15 is 0 Å². The third-order valence-electron chi connectivity index (χ3n) is 2.84. The van der Waals surface area contributed by atoms with Gasteiger partial charge < -0.3 is 15.8 Å². The molecule has 0 unspecified atom stereocenters. The van der Waals surface area contributed by atoms with Gasteiger partial charge in [-0.2, -0.15) is 0 Å². The van der Waals surface area contributed by atoms with Gasteiger partial charge in [-0.1, -0.05) is 12.1 Å². The van der Waals surface area contributed by atoms with Gasteiger partial charge in [0.25, 0.3) is 11.6 Å². The Kier molecular flexibility index (Phi) is 4.03. The molecule has 0 heterocycles. The van der Waals surface area contributed by atoms with Gasteiger partial charge in [0, 0.05) is 11.6 Å². The molecule has 0 aliphatic rings. The molecule has 0 radical (unpaired) electrons. The van der Waals surface area contributed by atoms with E-state index in [0.29, 0.717) is 11.4 Å². The largest absolute Gasteiger partial charge is 0.495 e. The molecule has 0 fully saturated rings. The average Bonchev–Trinajstić information content (AvgIpc) is 2.47. The van der Waals surface area contributed by atoms with E-state index in [0.717, 1.165) is 6.07 Å². The first kappa shape index (κ1) is 14.3. The molecule has 2 rings (SSSR count). The van der Waals surface area contributed by atoms with Crippen LogP contribution in [0.4, 0.5) is 17.1 Å². The van der Waals surface area contributed by atoms with Crippen LogP contribution in [0.2, 0.25) is 0 Å². The molecule has 0 atom stereocenters. The van der Waals surface area contributed by atoms with E-state index in [1.807, 2.05) is 0 Å². The average molecular weight is 287 g/mol. The number of nitro benzene ring substituents is 1. The number of para-hydroxylation sites is 2. The number of rotatable bonds is 4. The summed E-state index contributed by atoms with van der Waals surface area (Å²) in [6.45, 7) is 0. The van der Waals surface area contributed by atoms with Crippen LogP contribution in [-0.4, -0.2) is 17.9 Å². The zero-order chi connectivity index (χ0) is 15.4. The van der Waals surface area contributed by atoms with E-state index in [9.17, 15) is 14.9 Å². The number of ether oxygens (including phenoxy) is 1. The number of nitro groups is 1. The summed E-state index contributed by atoms with van der Waals surface area (Å²) in [5.74, 6) is 0.0124. The second kappa shape index (κ2) is 5.91. The maximum Gasteiger partial charge on any atom is 0.292 e. The maximum atomic E-state index is 12.1. The summed E-state index contributed by atoms with van der Waals surface area (Å²) in [5, 5.41) is 13.5. The van der Waals surface area contributed by atoms with Crippen molar-refractivity contribution in [1.29, 1.82) is 0 Å². The number of nitrogen functional groups attached to an aromatic ring is 1. The van der Waals surface area contributed by atoms with E-state index in [4.69, 9.17) is 10.5 Å². The Morgan fingerprint density at radius 1 is 1.29 bits per heavy atom. The van der Waals surface area contributed by atoms with Crippen LogP contribution in [-0.2, 0) is 0 Å². The lowest BCUT2D eigenvalue weighted by Gasteiger charge is -2.10. The molecule has 108 valence electrons. The summed E-state index contributed by atoms with van der Waals surface area (Å²) in [6, 6.07) is 10.8. The highest BCUT2D eigenvalue weighted by Crippen LogP contribution is 2.26. The monoisotopic (exact) mass is 287 g/mol. The van der Waals surface area contributed by atoms with E-state index < -0.39 is 10.8 Å². The summed E-state index contributed by atoms with van der Waals surface area (Å²) < 4.78 is 5.12. The predicted octanol–water partition coefficient (Wildman–Crippen LogP) is 2.44. The molecule has 7 nitrogen and oxygen atoms in total. The number of methoxy groups -OCH3 is 1. The Labute approximate surface area is 120 Å². The van der Waals surface area contributed by atoms with Crippen molar-refractivity contribution in [2.45, 2.75) is 0 Å². The summed E-state index contributed by atoms with van der Waals surface area (Å²) >= 11 is 0. The highest BCUT2D eigenvalue weighted by atomic mass is 16.6. The molecule has 0 saturated carbocycles. The van der Waals surface area contributed by atoms with Gasteiger partial charge >= 0.3 is 0 Å². The number of hydrogen-bond donors (Lipinski definition) is 2. The third-order valence-corrected chi connectivity index (χ3v) is 2.84. The minimum Gasteiger partial charge on any atom is -0.495 e. The molecule has 0 saturated heterocycles. The van der Waals surface area contributed by atoms with Crippen molar-refractivity contribution >= 4 is 23.0 Å². The molecule has 2 aromatic rings. The fourth-order valence-corrected chi connectivity index (χ4v) is 1.79. The highest BCUT2D eigenvalue weighted by Gasteiger charge is 2.16. The molecule has 0 aliphatic heterocycles. The number of carbonyl (C=O) groups excluding carboxylic acids is 1. The molecule has 0 bridgehead atoms. The van der Waals surface area contributed by atoms with Gasteiger partial charge in [-0.25, -0.2) is 0 Å². The molecule has 3 N–H and O–H groups in total. The summed E-state index contributed by atoms with van der Waals surface area (Å²) in [6.07, 6.45) is 0. The molecule has 1 amide bonds. The van der Waals surface area contributed by atoms with Gasteiger partial charge in [0.1, 0.15) is 11.4 Å². The first-order chi connectivity index (χ1) is 10.0. The van der Waals surface area contributed by atoms with Crippen molar-refractivity contribution in [3.8, 4) is 5.75 Å². The molecular weight excluding hydrogens is 274 g/mol. The molecule has 0 spiro atoms. The molecule has 0 aromatic heterocycles. The number of hydrogen-bond acceptors (Lipinski definition) is 5. The first-order valence-electron chi connectivity index (χ1n) is 6.01. The van der Waals surface area contributed by atoms with Crippen LogP contribution in [0.25, 0.3) is 0 Å². The van der Waals surface area contributed by atoms with Gasteiger partial charge in [0.2, 0.25) is 0 Å². The number of anilines is 2. The number of amides is 1. The number of nitrogens with one attached hydrogen (secondary N) is 1. The maximum absolute atomic E-state index is 12.1. The Hall–Kier alpha value is -3.09. The van der Waals surface area contributed by atoms with E-state index in [2.05, 4.69) is 5.32 Å². The van der Waals surface area contributed by atoms with Crippen LogP contribution in [0.5, 0.6) is 5.75 Å². The zero-order valence-electron chi connectivity index (χ0n) is 11.2. The Bertz CT molecular complexity index is 700. The van der Waals surface area contributed by atoms with Crippen molar-refractivity contribution < 1.29 is 14.5 Å². The van der Waals surface area contributed by atoms with Gasteiger partial charge in [0.15, 0.2) is 0 Å². The van der Waals surface area contributed by atoms with Crippen LogP contribution in [0.3, 0.4) is 0 Å². The Balaban J connectivity index is 2.29. The van der Waals surface area contributed by atoms with Crippen LogP contribution in [0.15, 0.2) is 42.5 Å². The lowest BCUT2D eigenvalue weighted by Crippen LogP contribution is -2.13. The van der Waals surface area contributed by atoms with Crippen LogP contribution >= 0.6 is 0 Å². The minimum atomic E-state index is -0.630. The van der Waals surface area contributed by atoms with Crippen LogP contribution in [0.1, 0.15) is 10.4 Å². The van der Waals surface area contributed by atoms with Gasteiger partial charge in [-0.05, 0) is 24.3 Å². The lowest BCUT2D eigenvalue weighted by molar-refractivity contribution is -0.383. The fraction of sp³-hybridized carbons (Fsp3) is 0.0714. The van der Waals surface area contributed by atoms with Crippen LogP contribution in [0, 0.1) is 10.1 Å². The SMILES string of the molecule is COc1ccccc1NC(=O)c1ccc(N)c([N+](=O)[O-])c1. The first-order valence-corrected chi connectivity index (χ1v) is 6.01. The van der Waals surface area contributed by atoms with Gasteiger partial charge in [-0.15, -0.1) is 0 Å².